The second kappa shape index (κ2) is 9.43. The maximum absolute atomic E-state index is 13.4. The van der Waals surface area contributed by atoms with Gasteiger partial charge in [-0.3, -0.25) is 4.68 Å². The molecule has 0 atom stereocenters. The average molecular weight is 502 g/mol. The van der Waals surface area contributed by atoms with Gasteiger partial charge >= 0.3 is 0 Å². The van der Waals surface area contributed by atoms with Crippen LogP contribution in [0.25, 0.3) is 11.3 Å². The molecule has 0 saturated carbocycles. The number of amidine groups is 1. The summed E-state index contributed by atoms with van der Waals surface area (Å²) in [7, 11) is 0. The van der Waals surface area contributed by atoms with E-state index in [0.29, 0.717) is 30.2 Å². The zero-order chi connectivity index (χ0) is 22.5. The number of rotatable bonds is 7. The van der Waals surface area contributed by atoms with Crippen LogP contribution in [-0.2, 0) is 6.54 Å². The van der Waals surface area contributed by atoms with Gasteiger partial charge in [-0.25, -0.2) is 9.02 Å². The van der Waals surface area contributed by atoms with Gasteiger partial charge in [0.15, 0.2) is 5.69 Å². The molecule has 2 aromatic heterocycles. The van der Waals surface area contributed by atoms with E-state index in [4.69, 9.17) is 10.4 Å². The number of nitrogens with one attached hydrogen (secondary N) is 2. The molecule has 4 rings (SSSR count). The molecular weight excluding hydrogens is 485 g/mol. The minimum absolute atomic E-state index is 0.0306. The fourth-order valence-corrected chi connectivity index (χ4v) is 3.21. The van der Waals surface area contributed by atoms with E-state index in [1.165, 1.54) is 18.2 Å². The van der Waals surface area contributed by atoms with Gasteiger partial charge in [0.25, 0.3) is 0 Å². The molecule has 0 spiro atoms. The number of anilines is 3. The lowest BCUT2D eigenvalue weighted by Gasteiger charge is -2.08. The molecule has 4 aromatic rings. The Labute approximate surface area is 189 Å². The Morgan fingerprint density at radius 2 is 2.12 bits per heavy atom. The first-order valence-corrected chi connectivity index (χ1v) is 10.1. The quantitative estimate of drug-likeness (QED) is 0.0982. The molecule has 164 valence electrons. The Morgan fingerprint density at radius 3 is 2.91 bits per heavy atom. The van der Waals surface area contributed by atoms with E-state index < -0.39 is 5.82 Å². The Bertz CT molecular complexity index is 1260. The maximum Gasteiger partial charge on any atom is 0.203 e. The van der Waals surface area contributed by atoms with Crippen LogP contribution in [0.1, 0.15) is 5.69 Å². The largest absolute Gasteiger partial charge is 0.409 e. The number of halogens is 2. The minimum Gasteiger partial charge on any atom is -0.409 e. The molecule has 0 saturated heterocycles. The molecular formula is C19H17BrFN9O2. The lowest BCUT2D eigenvalue weighted by molar-refractivity contribution is 0.305. The third-order valence-corrected chi connectivity index (χ3v) is 4.96. The van der Waals surface area contributed by atoms with Crippen molar-refractivity contribution >= 4 is 39.0 Å². The summed E-state index contributed by atoms with van der Waals surface area (Å²) in [4.78, 5) is 0. The van der Waals surface area contributed by atoms with Gasteiger partial charge in [0.05, 0.1) is 17.2 Å². The van der Waals surface area contributed by atoms with Crippen LogP contribution in [0.15, 0.2) is 62.9 Å². The molecule has 13 heteroatoms. The van der Waals surface area contributed by atoms with Crippen molar-refractivity contribution < 1.29 is 14.2 Å². The molecule has 0 unspecified atom stereocenters. The van der Waals surface area contributed by atoms with Crippen molar-refractivity contribution in [3.05, 3.63) is 64.6 Å². The van der Waals surface area contributed by atoms with Crippen LogP contribution in [0.4, 0.5) is 21.6 Å². The molecule has 0 amide bonds. The third-order valence-electron chi connectivity index (χ3n) is 4.35. The van der Waals surface area contributed by atoms with Crippen molar-refractivity contribution in [2.24, 2.45) is 5.16 Å². The van der Waals surface area contributed by atoms with Gasteiger partial charge in [0.2, 0.25) is 11.7 Å². The summed E-state index contributed by atoms with van der Waals surface area (Å²) < 4.78 is 20.1. The highest BCUT2D eigenvalue weighted by atomic mass is 79.9. The summed E-state index contributed by atoms with van der Waals surface area (Å²) in [6.45, 7) is 0.868. The molecule has 11 nitrogen and oxygen atoms in total. The highest BCUT2D eigenvalue weighted by Gasteiger charge is 2.18. The first-order valence-electron chi connectivity index (χ1n) is 9.30. The Morgan fingerprint density at radius 1 is 1.25 bits per heavy atom. The first-order chi connectivity index (χ1) is 15.5. The summed E-state index contributed by atoms with van der Waals surface area (Å²) in [5.41, 5.74) is 8.64. The van der Waals surface area contributed by atoms with Crippen molar-refractivity contribution in [2.45, 2.75) is 6.54 Å². The van der Waals surface area contributed by atoms with Crippen LogP contribution < -0.4 is 16.4 Å². The fourth-order valence-electron chi connectivity index (χ4n) is 2.83. The molecule has 0 aliphatic heterocycles. The smallest absolute Gasteiger partial charge is 0.203 e. The van der Waals surface area contributed by atoms with Gasteiger partial charge < -0.3 is 21.6 Å². The molecule has 0 fully saturated rings. The zero-order valence-corrected chi connectivity index (χ0v) is 18.0. The normalized spacial score (nSPS) is 11.5. The summed E-state index contributed by atoms with van der Waals surface area (Å²) in [5, 5.41) is 34.3. The topological polar surface area (TPSA) is 152 Å². The highest BCUT2D eigenvalue weighted by Crippen LogP contribution is 2.22. The van der Waals surface area contributed by atoms with E-state index in [0.717, 1.165) is 5.56 Å². The zero-order valence-electron chi connectivity index (χ0n) is 16.4. The van der Waals surface area contributed by atoms with Gasteiger partial charge in [0.1, 0.15) is 11.5 Å². The number of nitrogens with zero attached hydrogens (tertiary/aromatic N) is 6. The van der Waals surface area contributed by atoms with Gasteiger partial charge in [-0.1, -0.05) is 22.5 Å². The fraction of sp³-hybridized carbons (Fsp3) is 0.105. The summed E-state index contributed by atoms with van der Waals surface area (Å²) in [6.07, 6.45) is 1.80. The summed E-state index contributed by atoms with van der Waals surface area (Å²) in [6, 6.07) is 11.6. The number of hydrogen-bond acceptors (Lipinski definition) is 9. The lowest BCUT2D eigenvalue weighted by atomic mass is 10.1. The molecule has 2 heterocycles. The molecule has 0 aliphatic rings. The van der Waals surface area contributed by atoms with Crippen molar-refractivity contribution in [2.75, 3.05) is 22.9 Å². The maximum atomic E-state index is 13.4. The predicted molar refractivity (Wildman–Crippen MR) is 119 cm³/mol. The van der Waals surface area contributed by atoms with Crippen molar-refractivity contribution in [3.8, 4) is 11.3 Å². The van der Waals surface area contributed by atoms with Gasteiger partial charge in [-0.05, 0) is 56.6 Å². The minimum atomic E-state index is -0.421. The van der Waals surface area contributed by atoms with Crippen molar-refractivity contribution in [3.63, 3.8) is 0 Å². The molecule has 2 aromatic carbocycles. The Hall–Kier alpha value is -4.00. The number of nitrogen functional groups attached to an aromatic ring is 1. The standard InChI is InChI=1S/C19H17BrFN9O2/c20-14-9-13(4-5-15(14)21)24-19(26-31)17-18(28-32-27-17)23-6-7-30-10-16(25-29-30)11-2-1-3-12(22)8-11/h1-5,8-10,31H,6-7,22H2,(H,23,28)(H,24,26). The van der Waals surface area contributed by atoms with E-state index in [1.807, 2.05) is 18.2 Å². The van der Waals surface area contributed by atoms with Crippen LogP contribution in [0, 0.1) is 5.82 Å². The second-order valence-electron chi connectivity index (χ2n) is 6.58. The number of oxime groups is 1. The van der Waals surface area contributed by atoms with Crippen LogP contribution in [-0.4, -0.2) is 42.9 Å². The second-order valence-corrected chi connectivity index (χ2v) is 7.44. The predicted octanol–water partition coefficient (Wildman–Crippen LogP) is 3.17. The van der Waals surface area contributed by atoms with Crippen molar-refractivity contribution in [1.82, 2.24) is 25.3 Å². The van der Waals surface area contributed by atoms with Gasteiger partial charge in [-0.15, -0.1) is 5.10 Å². The Balaban J connectivity index is 1.39. The third kappa shape index (κ3) is 4.83. The van der Waals surface area contributed by atoms with Crippen LogP contribution in [0.3, 0.4) is 0 Å². The van der Waals surface area contributed by atoms with E-state index >= 15 is 0 Å². The van der Waals surface area contributed by atoms with Crippen molar-refractivity contribution in [1.29, 1.82) is 0 Å². The average Bonchev–Trinajstić information content (AvgIpc) is 3.44. The Kier molecular flexibility index (Phi) is 6.26. The van der Waals surface area contributed by atoms with E-state index in [9.17, 15) is 9.60 Å². The SMILES string of the molecule is Nc1cccc(-c2cn(CCNc3nonc3C(=NO)Nc3ccc(F)c(Br)c3)nn2)c1. The summed E-state index contributed by atoms with van der Waals surface area (Å²) >= 11 is 3.10. The number of hydrogen-bond donors (Lipinski definition) is 4. The molecule has 0 bridgehead atoms. The van der Waals surface area contributed by atoms with Gasteiger partial charge in [-0.2, -0.15) is 0 Å². The first kappa shape index (κ1) is 21.2. The highest BCUT2D eigenvalue weighted by molar-refractivity contribution is 9.10. The van der Waals surface area contributed by atoms with Crippen LogP contribution >= 0.6 is 15.9 Å². The number of nitrogens with two attached hydrogens (primary N) is 1. The van der Waals surface area contributed by atoms with Crippen LogP contribution in [0.2, 0.25) is 0 Å². The molecule has 0 aliphatic carbocycles. The monoisotopic (exact) mass is 501 g/mol. The lowest BCUT2D eigenvalue weighted by Crippen LogP contribution is -2.18. The summed E-state index contributed by atoms with van der Waals surface area (Å²) in [5.74, 6) is -0.199. The van der Waals surface area contributed by atoms with E-state index in [1.54, 1.807) is 16.9 Å². The number of aromatic nitrogens is 5. The van der Waals surface area contributed by atoms with E-state index in [2.05, 4.69) is 52.3 Å². The van der Waals surface area contributed by atoms with Crippen LogP contribution in [0.5, 0.6) is 0 Å². The van der Waals surface area contributed by atoms with E-state index in [-0.39, 0.29) is 21.8 Å². The molecule has 0 radical (unpaired) electrons. The molecule has 32 heavy (non-hydrogen) atoms. The van der Waals surface area contributed by atoms with Gasteiger partial charge in [0, 0.05) is 23.5 Å². The number of benzene rings is 2. The molecule has 5 N–H and O–H groups in total.